The number of carbonyl (C=O) groups excluding carboxylic acids is 1. The molecule has 0 fully saturated rings. The van der Waals surface area contributed by atoms with Gasteiger partial charge in [-0.2, -0.15) is 0 Å². The average Bonchev–Trinajstić information content (AvgIpc) is 3.20. The number of hydrogen-bond acceptors (Lipinski definition) is 7. The zero-order valence-corrected chi connectivity index (χ0v) is 20.4. The molecule has 0 saturated heterocycles. The summed E-state index contributed by atoms with van der Waals surface area (Å²) >= 11 is 1.45. The molecule has 0 radical (unpaired) electrons. The van der Waals surface area contributed by atoms with Crippen LogP contribution >= 0.6 is 23.7 Å². The van der Waals surface area contributed by atoms with Gasteiger partial charge in [0.25, 0.3) is 11.6 Å². The molecule has 0 aliphatic rings. The Bertz CT molecular complexity index is 1120. The number of anilines is 1. The normalized spacial score (nSPS) is 11.0. The van der Waals surface area contributed by atoms with Gasteiger partial charge in [0.1, 0.15) is 11.3 Å². The van der Waals surface area contributed by atoms with Crippen molar-refractivity contribution >= 4 is 56.8 Å². The maximum absolute atomic E-state index is 13.1. The number of aromatic nitrogens is 1. The third-order valence-corrected chi connectivity index (χ3v) is 5.72. The van der Waals surface area contributed by atoms with Crippen LogP contribution in [0.25, 0.3) is 16.3 Å². The van der Waals surface area contributed by atoms with Crippen molar-refractivity contribution in [1.29, 1.82) is 0 Å². The van der Waals surface area contributed by atoms with Crippen molar-refractivity contribution in [2.24, 2.45) is 0 Å². The Labute approximate surface area is 203 Å². The van der Waals surface area contributed by atoms with Crippen LogP contribution in [0.15, 0.2) is 48.5 Å². The van der Waals surface area contributed by atoms with Crippen LogP contribution in [-0.2, 0) is 4.79 Å². The molecule has 0 spiro atoms. The van der Waals surface area contributed by atoms with Crippen molar-refractivity contribution in [1.82, 2.24) is 9.88 Å². The fourth-order valence-electron chi connectivity index (χ4n) is 3.11. The number of ether oxygens (including phenoxy) is 1. The van der Waals surface area contributed by atoms with Crippen LogP contribution in [0.2, 0.25) is 0 Å². The molecule has 176 valence electrons. The number of thiazole rings is 1. The summed E-state index contributed by atoms with van der Waals surface area (Å²) in [7, 11) is 3.99. The molecule has 0 saturated carbocycles. The van der Waals surface area contributed by atoms with Crippen LogP contribution in [-0.4, -0.2) is 54.5 Å². The number of nitrogens with zero attached hydrogens (tertiary/aromatic N) is 4. The van der Waals surface area contributed by atoms with Crippen LogP contribution < -0.4 is 9.64 Å². The van der Waals surface area contributed by atoms with Crippen molar-refractivity contribution in [2.75, 3.05) is 38.7 Å². The molecule has 0 atom stereocenters. The number of benzene rings is 2. The van der Waals surface area contributed by atoms with E-state index in [1.807, 2.05) is 39.2 Å². The molecule has 1 heterocycles. The van der Waals surface area contributed by atoms with Gasteiger partial charge in [0, 0.05) is 24.8 Å². The maximum atomic E-state index is 13.1. The van der Waals surface area contributed by atoms with Gasteiger partial charge >= 0.3 is 0 Å². The monoisotopic (exact) mass is 490 g/mol. The van der Waals surface area contributed by atoms with Crippen LogP contribution in [0, 0.1) is 10.1 Å². The Hall–Kier alpha value is -3.01. The fraction of sp³-hybridized carbons (Fsp3) is 0.304. The molecule has 8 nitrogen and oxygen atoms in total. The highest BCUT2D eigenvalue weighted by molar-refractivity contribution is 7.22. The largest absolute Gasteiger partial charge is 0.492 e. The second kappa shape index (κ2) is 12.3. The molecule has 0 bridgehead atoms. The zero-order chi connectivity index (χ0) is 23.1. The summed E-state index contributed by atoms with van der Waals surface area (Å²) in [4.78, 5) is 31.9. The minimum absolute atomic E-state index is 0. The highest BCUT2D eigenvalue weighted by atomic mass is 35.5. The van der Waals surface area contributed by atoms with E-state index in [-0.39, 0.29) is 24.0 Å². The first-order chi connectivity index (χ1) is 15.4. The van der Waals surface area contributed by atoms with Gasteiger partial charge in [0.2, 0.25) is 0 Å². The van der Waals surface area contributed by atoms with Gasteiger partial charge in [-0.15, -0.1) is 12.4 Å². The smallest absolute Gasteiger partial charge is 0.269 e. The van der Waals surface area contributed by atoms with Gasteiger partial charge in [-0.1, -0.05) is 17.4 Å². The van der Waals surface area contributed by atoms with E-state index in [2.05, 4.69) is 4.90 Å². The standard InChI is InChI=1S/C23H26N4O4S.ClH/c1-4-31-19-7-5-8-20-22(19)24-23(32-20)26(16-6-15-25(2)3)21(28)14-11-17-9-12-18(13-10-17)27(29)30;/h5,7-14H,4,6,15-16H2,1-3H3;1H. The molecule has 3 aromatic rings. The summed E-state index contributed by atoms with van der Waals surface area (Å²) in [5.74, 6) is 0.508. The van der Waals surface area contributed by atoms with Crippen LogP contribution in [0.4, 0.5) is 10.8 Å². The number of para-hydroxylation sites is 1. The molecule has 0 N–H and O–H groups in total. The molecule has 0 aliphatic carbocycles. The Balaban J connectivity index is 0.00000385. The van der Waals surface area contributed by atoms with Gasteiger partial charge in [0.15, 0.2) is 5.13 Å². The van der Waals surface area contributed by atoms with E-state index in [1.165, 1.54) is 29.5 Å². The third-order valence-electron chi connectivity index (χ3n) is 4.68. The maximum Gasteiger partial charge on any atom is 0.269 e. The predicted molar refractivity (Wildman–Crippen MR) is 136 cm³/mol. The number of amides is 1. The molecule has 1 amide bonds. The van der Waals surface area contributed by atoms with Gasteiger partial charge in [0.05, 0.1) is 16.2 Å². The lowest BCUT2D eigenvalue weighted by atomic mass is 10.2. The zero-order valence-electron chi connectivity index (χ0n) is 18.8. The first kappa shape index (κ1) is 26.2. The second-order valence-electron chi connectivity index (χ2n) is 7.36. The Morgan fingerprint density at radius 2 is 1.91 bits per heavy atom. The lowest BCUT2D eigenvalue weighted by Gasteiger charge is -2.19. The van der Waals surface area contributed by atoms with E-state index in [0.717, 1.165) is 23.2 Å². The minimum Gasteiger partial charge on any atom is -0.492 e. The minimum atomic E-state index is -0.450. The van der Waals surface area contributed by atoms with E-state index in [1.54, 1.807) is 23.1 Å². The topological polar surface area (TPSA) is 88.8 Å². The lowest BCUT2D eigenvalue weighted by molar-refractivity contribution is -0.384. The van der Waals surface area contributed by atoms with E-state index >= 15 is 0 Å². The predicted octanol–water partition coefficient (Wildman–Crippen LogP) is 5.02. The summed E-state index contributed by atoms with van der Waals surface area (Å²) in [5.41, 5.74) is 1.47. The molecule has 1 aromatic heterocycles. The van der Waals surface area contributed by atoms with Crippen LogP contribution in [0.5, 0.6) is 5.75 Å². The number of nitro groups is 1. The number of halogens is 1. The number of non-ortho nitro benzene ring substituents is 1. The SMILES string of the molecule is CCOc1cccc2sc(N(CCCN(C)C)C(=O)C=Cc3ccc([N+](=O)[O-])cc3)nc12.Cl. The highest BCUT2D eigenvalue weighted by Crippen LogP contribution is 2.34. The Kier molecular flexibility index (Phi) is 9.77. The summed E-state index contributed by atoms with van der Waals surface area (Å²) in [6.45, 7) is 3.82. The first-order valence-electron chi connectivity index (χ1n) is 10.3. The molecule has 33 heavy (non-hydrogen) atoms. The van der Waals surface area contributed by atoms with E-state index in [9.17, 15) is 14.9 Å². The third kappa shape index (κ3) is 6.98. The van der Waals surface area contributed by atoms with E-state index in [0.29, 0.717) is 29.6 Å². The van der Waals surface area contributed by atoms with E-state index < -0.39 is 4.92 Å². The van der Waals surface area contributed by atoms with Crippen molar-refractivity contribution in [3.63, 3.8) is 0 Å². The Morgan fingerprint density at radius 3 is 2.55 bits per heavy atom. The fourth-order valence-corrected chi connectivity index (χ4v) is 4.12. The summed E-state index contributed by atoms with van der Waals surface area (Å²) in [5, 5.41) is 11.4. The number of rotatable bonds is 10. The molecule has 0 unspecified atom stereocenters. The number of carbonyl (C=O) groups is 1. The highest BCUT2D eigenvalue weighted by Gasteiger charge is 2.19. The number of hydrogen-bond donors (Lipinski definition) is 0. The number of nitro benzene ring substituents is 1. The van der Waals surface area contributed by atoms with Crippen LogP contribution in [0.1, 0.15) is 18.9 Å². The summed E-state index contributed by atoms with van der Waals surface area (Å²) in [6.07, 6.45) is 3.93. The van der Waals surface area contributed by atoms with Crippen molar-refractivity contribution in [3.8, 4) is 5.75 Å². The van der Waals surface area contributed by atoms with Crippen molar-refractivity contribution < 1.29 is 14.5 Å². The van der Waals surface area contributed by atoms with Gasteiger partial charge < -0.3 is 9.64 Å². The molecule has 2 aromatic carbocycles. The van der Waals surface area contributed by atoms with Gasteiger partial charge in [-0.25, -0.2) is 4.98 Å². The molecular formula is C23H27ClN4O4S. The van der Waals surface area contributed by atoms with Crippen molar-refractivity contribution in [3.05, 3.63) is 64.2 Å². The first-order valence-corrected chi connectivity index (χ1v) is 11.1. The molecule has 3 rings (SSSR count). The Morgan fingerprint density at radius 1 is 1.18 bits per heavy atom. The second-order valence-corrected chi connectivity index (χ2v) is 8.37. The number of fused-ring (bicyclic) bond motifs is 1. The van der Waals surface area contributed by atoms with Gasteiger partial charge in [-0.3, -0.25) is 19.8 Å². The molecular weight excluding hydrogens is 464 g/mol. The quantitative estimate of drug-likeness (QED) is 0.225. The summed E-state index contributed by atoms with van der Waals surface area (Å²) < 4.78 is 6.64. The van der Waals surface area contributed by atoms with Crippen LogP contribution in [0.3, 0.4) is 0 Å². The molecule has 10 heteroatoms. The van der Waals surface area contributed by atoms with E-state index in [4.69, 9.17) is 9.72 Å². The summed E-state index contributed by atoms with van der Waals surface area (Å²) in [6, 6.07) is 11.8. The molecule has 0 aliphatic heterocycles. The average molecular weight is 491 g/mol. The van der Waals surface area contributed by atoms with Crippen molar-refractivity contribution in [2.45, 2.75) is 13.3 Å². The lowest BCUT2D eigenvalue weighted by Crippen LogP contribution is -2.32. The van der Waals surface area contributed by atoms with Gasteiger partial charge in [-0.05, 0) is 69.9 Å².